The normalized spacial score (nSPS) is 12.0. The molecule has 31 heavy (non-hydrogen) atoms. The van der Waals surface area contributed by atoms with Crippen molar-refractivity contribution in [1.82, 2.24) is 0 Å². The molecule has 6 heteroatoms. The Morgan fingerprint density at radius 1 is 0.968 bits per heavy atom. The van der Waals surface area contributed by atoms with E-state index in [1.54, 1.807) is 42.5 Å². The summed E-state index contributed by atoms with van der Waals surface area (Å²) in [5, 5.41) is 10.7. The maximum atomic E-state index is 12.9. The lowest BCUT2D eigenvalue weighted by Gasteiger charge is -2.19. The Morgan fingerprint density at radius 3 is 2.35 bits per heavy atom. The lowest BCUT2D eigenvalue weighted by Crippen LogP contribution is -2.22. The molecule has 0 unspecified atom stereocenters. The fraction of sp³-hybridized carbons (Fsp3) is 0.0800. The number of ketones is 2. The summed E-state index contributed by atoms with van der Waals surface area (Å²) in [6.07, 6.45) is 2.36. The van der Waals surface area contributed by atoms with E-state index in [1.165, 1.54) is 25.3 Å². The molecule has 0 radical (unpaired) electrons. The molecular formula is C25H18O6. The molecule has 3 aromatic carbocycles. The van der Waals surface area contributed by atoms with E-state index in [1.807, 2.05) is 0 Å². The second kappa shape index (κ2) is 7.91. The second-order valence-corrected chi connectivity index (χ2v) is 6.96. The Balaban J connectivity index is 1.71. The summed E-state index contributed by atoms with van der Waals surface area (Å²) >= 11 is 0. The fourth-order valence-corrected chi connectivity index (χ4v) is 3.58. The van der Waals surface area contributed by atoms with Crippen LogP contribution in [-0.2, 0) is 6.42 Å². The van der Waals surface area contributed by atoms with E-state index in [9.17, 15) is 19.5 Å². The minimum absolute atomic E-state index is 0.0455. The molecule has 0 atom stereocenters. The first-order valence-electron chi connectivity index (χ1n) is 9.50. The Bertz CT molecular complexity index is 1250. The largest absolute Gasteiger partial charge is 0.506 e. The minimum atomic E-state index is -0.880. The van der Waals surface area contributed by atoms with Crippen molar-refractivity contribution in [3.63, 3.8) is 0 Å². The summed E-state index contributed by atoms with van der Waals surface area (Å²) in [5.74, 6) is -1.88. The Kier molecular flexibility index (Phi) is 5.13. The number of carbonyl (C=O) groups excluding carboxylic acids is 3. The molecule has 0 aromatic heterocycles. The van der Waals surface area contributed by atoms with Crippen molar-refractivity contribution in [1.29, 1.82) is 0 Å². The first-order chi connectivity index (χ1) is 15.0. The number of esters is 1. The molecule has 0 spiro atoms. The van der Waals surface area contributed by atoms with Crippen LogP contribution in [0.1, 0.15) is 47.8 Å². The molecule has 3 aromatic rings. The SMILES string of the molecule is C=CCc1ccc(OC(=O)c2ccc3c(c2O)C(=O)c2ccccc2C3=O)c(OC)c1. The van der Waals surface area contributed by atoms with Gasteiger partial charge >= 0.3 is 5.97 Å². The van der Waals surface area contributed by atoms with Crippen molar-refractivity contribution < 1.29 is 29.0 Å². The summed E-state index contributed by atoms with van der Waals surface area (Å²) in [4.78, 5) is 38.4. The number of phenolic OH excluding ortho intramolecular Hbond substituents is 1. The number of fused-ring (bicyclic) bond motifs is 2. The maximum absolute atomic E-state index is 12.9. The van der Waals surface area contributed by atoms with Gasteiger partial charge in [0.25, 0.3) is 0 Å². The first-order valence-corrected chi connectivity index (χ1v) is 9.50. The lowest BCUT2D eigenvalue weighted by molar-refractivity contribution is 0.0726. The van der Waals surface area contributed by atoms with Gasteiger partial charge in [0.15, 0.2) is 23.1 Å². The zero-order chi connectivity index (χ0) is 22.1. The van der Waals surface area contributed by atoms with E-state index >= 15 is 0 Å². The van der Waals surface area contributed by atoms with Gasteiger partial charge in [0, 0.05) is 16.7 Å². The van der Waals surface area contributed by atoms with Crippen molar-refractivity contribution in [3.05, 3.63) is 101 Å². The van der Waals surface area contributed by atoms with Gasteiger partial charge in [-0.15, -0.1) is 6.58 Å². The van der Waals surface area contributed by atoms with Crippen LogP contribution in [-0.4, -0.2) is 29.8 Å². The summed E-state index contributed by atoms with van der Waals surface area (Å²) in [6.45, 7) is 3.69. The average molecular weight is 414 g/mol. The number of methoxy groups -OCH3 is 1. The number of hydrogen-bond acceptors (Lipinski definition) is 6. The van der Waals surface area contributed by atoms with Crippen LogP contribution in [0.4, 0.5) is 0 Å². The van der Waals surface area contributed by atoms with Crippen molar-refractivity contribution >= 4 is 17.5 Å². The van der Waals surface area contributed by atoms with Crippen molar-refractivity contribution in [2.24, 2.45) is 0 Å². The van der Waals surface area contributed by atoms with E-state index in [4.69, 9.17) is 9.47 Å². The number of phenols is 1. The van der Waals surface area contributed by atoms with Crippen molar-refractivity contribution in [2.45, 2.75) is 6.42 Å². The third-order valence-corrected chi connectivity index (χ3v) is 5.10. The highest BCUT2D eigenvalue weighted by molar-refractivity contribution is 6.29. The predicted molar refractivity (Wildman–Crippen MR) is 113 cm³/mol. The van der Waals surface area contributed by atoms with Crippen molar-refractivity contribution in [2.75, 3.05) is 7.11 Å². The molecule has 4 rings (SSSR count). The molecule has 1 aliphatic carbocycles. The lowest BCUT2D eigenvalue weighted by atomic mass is 9.82. The summed E-state index contributed by atoms with van der Waals surface area (Å²) in [5.41, 5.74) is 0.984. The van der Waals surface area contributed by atoms with Crippen LogP contribution in [0.2, 0.25) is 0 Å². The third-order valence-electron chi connectivity index (χ3n) is 5.10. The Hall–Kier alpha value is -4.19. The molecule has 0 aliphatic heterocycles. The van der Waals surface area contributed by atoms with Crippen LogP contribution >= 0.6 is 0 Å². The molecule has 0 bridgehead atoms. The van der Waals surface area contributed by atoms with Gasteiger partial charge in [0.05, 0.1) is 12.7 Å². The Labute approximate surface area is 178 Å². The molecule has 154 valence electrons. The summed E-state index contributed by atoms with van der Waals surface area (Å²) in [7, 11) is 1.45. The number of rotatable bonds is 5. The van der Waals surface area contributed by atoms with Crippen LogP contribution in [0.15, 0.2) is 67.3 Å². The van der Waals surface area contributed by atoms with Crippen LogP contribution in [0, 0.1) is 0 Å². The Morgan fingerprint density at radius 2 is 1.68 bits per heavy atom. The van der Waals surface area contributed by atoms with E-state index < -0.39 is 17.5 Å². The second-order valence-electron chi connectivity index (χ2n) is 6.96. The number of hydrogen-bond donors (Lipinski definition) is 1. The maximum Gasteiger partial charge on any atom is 0.347 e. The van der Waals surface area contributed by atoms with E-state index in [-0.39, 0.29) is 39.4 Å². The van der Waals surface area contributed by atoms with Crippen LogP contribution in [0.5, 0.6) is 17.2 Å². The molecule has 0 saturated heterocycles. The number of ether oxygens (including phenoxy) is 2. The molecule has 1 N–H and O–H groups in total. The predicted octanol–water partition coefficient (Wildman–Crippen LogP) is 4.12. The van der Waals surface area contributed by atoms with Crippen LogP contribution in [0.3, 0.4) is 0 Å². The van der Waals surface area contributed by atoms with Crippen LogP contribution in [0.25, 0.3) is 0 Å². The molecular weight excluding hydrogens is 396 g/mol. The zero-order valence-corrected chi connectivity index (χ0v) is 16.7. The number of benzene rings is 3. The van der Waals surface area contributed by atoms with Gasteiger partial charge in [0.1, 0.15) is 11.3 Å². The topological polar surface area (TPSA) is 89.9 Å². The highest BCUT2D eigenvalue weighted by atomic mass is 16.6. The van der Waals surface area contributed by atoms with Gasteiger partial charge in [-0.05, 0) is 36.2 Å². The van der Waals surface area contributed by atoms with E-state index in [0.717, 1.165) is 5.56 Å². The monoisotopic (exact) mass is 414 g/mol. The molecule has 0 amide bonds. The van der Waals surface area contributed by atoms with Gasteiger partial charge < -0.3 is 14.6 Å². The minimum Gasteiger partial charge on any atom is -0.506 e. The highest BCUT2D eigenvalue weighted by Crippen LogP contribution is 2.36. The van der Waals surface area contributed by atoms with Gasteiger partial charge in [-0.3, -0.25) is 9.59 Å². The summed E-state index contributed by atoms with van der Waals surface area (Å²) in [6, 6.07) is 14.0. The van der Waals surface area contributed by atoms with Gasteiger partial charge in [-0.25, -0.2) is 4.79 Å². The molecule has 0 heterocycles. The molecule has 1 aliphatic rings. The molecule has 6 nitrogen and oxygen atoms in total. The van der Waals surface area contributed by atoms with E-state index in [0.29, 0.717) is 12.2 Å². The zero-order valence-electron chi connectivity index (χ0n) is 16.7. The number of carbonyl (C=O) groups is 3. The van der Waals surface area contributed by atoms with E-state index in [2.05, 4.69) is 6.58 Å². The highest BCUT2D eigenvalue weighted by Gasteiger charge is 2.34. The third kappa shape index (κ3) is 3.38. The van der Waals surface area contributed by atoms with Crippen molar-refractivity contribution in [3.8, 4) is 17.2 Å². The van der Waals surface area contributed by atoms with Crippen LogP contribution < -0.4 is 9.47 Å². The first kappa shape index (κ1) is 20.1. The van der Waals surface area contributed by atoms with Gasteiger partial charge in [-0.1, -0.05) is 36.4 Å². The average Bonchev–Trinajstić information content (AvgIpc) is 2.78. The quantitative estimate of drug-likeness (QED) is 0.300. The molecule has 0 fully saturated rings. The number of allylic oxidation sites excluding steroid dienone is 1. The molecule has 0 saturated carbocycles. The smallest absolute Gasteiger partial charge is 0.347 e. The standard InChI is InChI=1S/C25H18O6/c1-3-6-14-9-12-19(20(13-14)30-2)31-25(29)18-11-10-17-21(24(18)28)23(27)16-8-5-4-7-15(16)22(17)26/h3-5,7-13,28H,1,6H2,2H3. The van der Waals surface area contributed by atoms with Gasteiger partial charge in [-0.2, -0.15) is 0 Å². The number of aromatic hydroxyl groups is 1. The summed E-state index contributed by atoms with van der Waals surface area (Å²) < 4.78 is 10.7. The van der Waals surface area contributed by atoms with Gasteiger partial charge in [0.2, 0.25) is 0 Å². The fourth-order valence-electron chi connectivity index (χ4n) is 3.58.